The number of cyclic esters (lactones) is 1. The fraction of sp³-hybridized carbons (Fsp3) is 0.611. The highest BCUT2D eigenvalue weighted by Crippen LogP contribution is 2.26. The van der Waals surface area contributed by atoms with Crippen LogP contribution in [0.5, 0.6) is 0 Å². The molecular weight excluding hydrogens is 292 g/mol. The molecule has 1 heterocycles. The van der Waals surface area contributed by atoms with Crippen molar-refractivity contribution in [3.8, 4) is 0 Å². The van der Waals surface area contributed by atoms with Crippen LogP contribution in [0, 0.1) is 5.92 Å². The first-order valence-corrected chi connectivity index (χ1v) is 8.59. The Bertz CT molecular complexity index is 549. The first kappa shape index (κ1) is 16.3. The average molecular weight is 318 g/mol. The van der Waals surface area contributed by atoms with Gasteiger partial charge >= 0.3 is 6.09 Å². The molecule has 1 aliphatic heterocycles. The number of aliphatic hydroxyl groups excluding tert-OH is 1. The maximum Gasteiger partial charge on any atom is 0.414 e. The van der Waals surface area contributed by atoms with Crippen LogP contribution in [-0.4, -0.2) is 37.0 Å². The van der Waals surface area contributed by atoms with E-state index in [9.17, 15) is 9.90 Å². The standard InChI is InChI=1S/C18H26N2O3/c1-13(19-12-14-4-2-7-17(21)10-14)15-5-3-6-16(11-15)20-8-9-23-18(20)22/h3,5-6,11,13-14,17,19,21H,2,4,7-10,12H2,1H3. The zero-order valence-corrected chi connectivity index (χ0v) is 13.7. The van der Waals surface area contributed by atoms with Crippen LogP contribution in [0.3, 0.4) is 0 Å². The summed E-state index contributed by atoms with van der Waals surface area (Å²) in [7, 11) is 0. The van der Waals surface area contributed by atoms with Crippen LogP contribution in [0.15, 0.2) is 24.3 Å². The molecule has 0 radical (unpaired) electrons. The van der Waals surface area contributed by atoms with E-state index in [1.807, 2.05) is 12.1 Å². The minimum absolute atomic E-state index is 0.129. The van der Waals surface area contributed by atoms with E-state index in [0.717, 1.165) is 31.5 Å². The van der Waals surface area contributed by atoms with Gasteiger partial charge in [-0.05, 0) is 56.3 Å². The molecule has 1 saturated heterocycles. The summed E-state index contributed by atoms with van der Waals surface area (Å²) in [6.07, 6.45) is 3.76. The van der Waals surface area contributed by atoms with Crippen molar-refractivity contribution in [2.75, 3.05) is 24.6 Å². The molecule has 1 amide bonds. The molecule has 0 aromatic heterocycles. The molecule has 1 aromatic rings. The van der Waals surface area contributed by atoms with Crippen molar-refractivity contribution in [2.24, 2.45) is 5.92 Å². The number of ether oxygens (including phenoxy) is 1. The third kappa shape index (κ3) is 4.03. The summed E-state index contributed by atoms with van der Waals surface area (Å²) in [5.74, 6) is 0.554. The molecular formula is C18H26N2O3. The molecule has 1 aromatic carbocycles. The number of hydrogen-bond acceptors (Lipinski definition) is 4. The van der Waals surface area contributed by atoms with Crippen LogP contribution < -0.4 is 10.2 Å². The lowest BCUT2D eigenvalue weighted by molar-refractivity contribution is 0.0998. The second-order valence-corrected chi connectivity index (χ2v) is 6.68. The van der Waals surface area contributed by atoms with Crippen molar-refractivity contribution >= 4 is 11.8 Å². The number of carbonyl (C=O) groups is 1. The predicted molar refractivity (Wildman–Crippen MR) is 89.5 cm³/mol. The number of aliphatic hydroxyl groups is 1. The fourth-order valence-corrected chi connectivity index (χ4v) is 3.50. The lowest BCUT2D eigenvalue weighted by Gasteiger charge is -2.27. The first-order chi connectivity index (χ1) is 11.1. The van der Waals surface area contributed by atoms with Gasteiger partial charge in [0.1, 0.15) is 6.61 Å². The normalized spacial score (nSPS) is 26.2. The number of nitrogens with zero attached hydrogens (tertiary/aromatic N) is 1. The Labute approximate surface area is 137 Å². The van der Waals surface area contributed by atoms with E-state index in [-0.39, 0.29) is 18.2 Å². The highest BCUT2D eigenvalue weighted by Gasteiger charge is 2.24. The summed E-state index contributed by atoms with van der Waals surface area (Å²) in [5.41, 5.74) is 2.06. The minimum atomic E-state index is -0.265. The number of anilines is 1. The summed E-state index contributed by atoms with van der Waals surface area (Å²) in [5, 5.41) is 13.3. The van der Waals surface area contributed by atoms with Crippen molar-refractivity contribution in [1.82, 2.24) is 5.32 Å². The van der Waals surface area contributed by atoms with Crippen LogP contribution >= 0.6 is 0 Å². The molecule has 3 atom stereocenters. The Morgan fingerprint density at radius 2 is 2.30 bits per heavy atom. The third-order valence-electron chi connectivity index (χ3n) is 4.91. The van der Waals surface area contributed by atoms with E-state index in [0.29, 0.717) is 19.1 Å². The molecule has 1 saturated carbocycles. The van der Waals surface area contributed by atoms with Crippen LogP contribution in [0.1, 0.15) is 44.2 Å². The molecule has 1 aliphatic carbocycles. The summed E-state index contributed by atoms with van der Waals surface area (Å²) >= 11 is 0. The highest BCUT2D eigenvalue weighted by atomic mass is 16.6. The average Bonchev–Trinajstić information content (AvgIpc) is 2.99. The van der Waals surface area contributed by atoms with Gasteiger partial charge in [-0.25, -0.2) is 4.79 Å². The van der Waals surface area contributed by atoms with Gasteiger partial charge < -0.3 is 15.2 Å². The fourth-order valence-electron chi connectivity index (χ4n) is 3.50. The lowest BCUT2D eigenvalue weighted by Crippen LogP contribution is -2.30. The molecule has 2 aliphatic rings. The van der Waals surface area contributed by atoms with Crippen LogP contribution in [0.2, 0.25) is 0 Å². The lowest BCUT2D eigenvalue weighted by atomic mass is 9.87. The van der Waals surface area contributed by atoms with Gasteiger partial charge in [-0.3, -0.25) is 4.90 Å². The zero-order chi connectivity index (χ0) is 16.2. The maximum atomic E-state index is 11.7. The predicted octanol–water partition coefficient (Wildman–Crippen LogP) is 2.84. The third-order valence-corrected chi connectivity index (χ3v) is 4.91. The van der Waals surface area contributed by atoms with E-state index in [4.69, 9.17) is 4.74 Å². The number of carbonyl (C=O) groups excluding carboxylic acids is 1. The van der Waals surface area contributed by atoms with Crippen LogP contribution in [0.4, 0.5) is 10.5 Å². The van der Waals surface area contributed by atoms with Crippen molar-refractivity contribution < 1.29 is 14.6 Å². The van der Waals surface area contributed by atoms with Gasteiger partial charge in [0.05, 0.1) is 12.6 Å². The van der Waals surface area contributed by atoms with E-state index in [2.05, 4.69) is 24.4 Å². The van der Waals surface area contributed by atoms with Crippen LogP contribution in [-0.2, 0) is 4.74 Å². The van der Waals surface area contributed by atoms with Gasteiger partial charge in [0.15, 0.2) is 0 Å². The number of hydrogen-bond donors (Lipinski definition) is 2. The second-order valence-electron chi connectivity index (χ2n) is 6.68. The largest absolute Gasteiger partial charge is 0.447 e. The number of rotatable bonds is 5. The molecule has 3 unspecified atom stereocenters. The zero-order valence-electron chi connectivity index (χ0n) is 13.7. The van der Waals surface area contributed by atoms with Crippen molar-refractivity contribution in [3.05, 3.63) is 29.8 Å². The molecule has 23 heavy (non-hydrogen) atoms. The molecule has 0 bridgehead atoms. The molecule has 3 rings (SSSR count). The monoisotopic (exact) mass is 318 g/mol. The van der Waals surface area contributed by atoms with Gasteiger partial charge in [0.2, 0.25) is 0 Å². The Morgan fingerprint density at radius 1 is 1.43 bits per heavy atom. The van der Waals surface area contributed by atoms with Gasteiger partial charge in [-0.15, -0.1) is 0 Å². The summed E-state index contributed by atoms with van der Waals surface area (Å²) in [6.45, 7) is 4.14. The Morgan fingerprint density at radius 3 is 3.04 bits per heavy atom. The SMILES string of the molecule is CC(NCC1CCCC(O)C1)c1cccc(N2CCOC2=O)c1. The van der Waals surface area contributed by atoms with E-state index >= 15 is 0 Å². The van der Waals surface area contributed by atoms with E-state index < -0.39 is 0 Å². The van der Waals surface area contributed by atoms with Crippen LogP contribution in [0.25, 0.3) is 0 Å². The molecule has 2 N–H and O–H groups in total. The molecule has 5 heteroatoms. The van der Waals surface area contributed by atoms with Crippen molar-refractivity contribution in [2.45, 2.75) is 44.8 Å². The quantitative estimate of drug-likeness (QED) is 0.876. The molecule has 5 nitrogen and oxygen atoms in total. The Kier molecular flexibility index (Phi) is 5.18. The molecule has 126 valence electrons. The highest BCUT2D eigenvalue weighted by molar-refractivity contribution is 5.89. The number of nitrogens with one attached hydrogen (secondary N) is 1. The number of benzene rings is 1. The Balaban J connectivity index is 1.58. The summed E-state index contributed by atoms with van der Waals surface area (Å²) in [4.78, 5) is 13.4. The van der Waals surface area contributed by atoms with Gasteiger partial charge in [0.25, 0.3) is 0 Å². The smallest absolute Gasteiger partial charge is 0.414 e. The number of amides is 1. The topological polar surface area (TPSA) is 61.8 Å². The Hall–Kier alpha value is -1.59. The summed E-state index contributed by atoms with van der Waals surface area (Å²) < 4.78 is 5.00. The van der Waals surface area contributed by atoms with Gasteiger partial charge in [0, 0.05) is 11.7 Å². The van der Waals surface area contributed by atoms with Gasteiger partial charge in [-0.1, -0.05) is 18.6 Å². The van der Waals surface area contributed by atoms with Gasteiger partial charge in [-0.2, -0.15) is 0 Å². The van der Waals surface area contributed by atoms with Crippen molar-refractivity contribution in [1.29, 1.82) is 0 Å². The molecule has 0 spiro atoms. The van der Waals surface area contributed by atoms with E-state index in [1.54, 1.807) is 4.90 Å². The molecule has 2 fully saturated rings. The van der Waals surface area contributed by atoms with E-state index in [1.165, 1.54) is 12.0 Å². The van der Waals surface area contributed by atoms with Crippen molar-refractivity contribution in [3.63, 3.8) is 0 Å². The first-order valence-electron chi connectivity index (χ1n) is 8.59. The minimum Gasteiger partial charge on any atom is -0.447 e. The second kappa shape index (κ2) is 7.32. The maximum absolute atomic E-state index is 11.7. The summed E-state index contributed by atoms with van der Waals surface area (Å²) in [6, 6.07) is 8.28.